The van der Waals surface area contributed by atoms with E-state index in [4.69, 9.17) is 5.73 Å². The first kappa shape index (κ1) is 8.53. The highest BCUT2D eigenvalue weighted by Crippen LogP contribution is 2.03. The third-order valence-electron chi connectivity index (χ3n) is 1.83. The van der Waals surface area contributed by atoms with Crippen molar-refractivity contribution in [1.29, 1.82) is 0 Å². The van der Waals surface area contributed by atoms with Crippen LogP contribution in [0.15, 0.2) is 4.99 Å². The highest BCUT2D eigenvalue weighted by molar-refractivity contribution is 5.82. The topological polar surface area (TPSA) is 50.4 Å². The van der Waals surface area contributed by atoms with Crippen molar-refractivity contribution in [1.82, 2.24) is 5.32 Å². The minimum absolute atomic E-state index is 0.764. The van der Waals surface area contributed by atoms with Gasteiger partial charge in [-0.25, -0.2) is 0 Å². The van der Waals surface area contributed by atoms with Gasteiger partial charge in [0.2, 0.25) is 0 Å². The van der Waals surface area contributed by atoms with Crippen LogP contribution in [-0.2, 0) is 0 Å². The Morgan fingerprint density at radius 2 is 2.36 bits per heavy atom. The minimum atomic E-state index is 0.764. The maximum atomic E-state index is 5.36. The zero-order valence-corrected chi connectivity index (χ0v) is 6.97. The fourth-order valence-corrected chi connectivity index (χ4v) is 1.18. The summed E-state index contributed by atoms with van der Waals surface area (Å²) in [6.45, 7) is 2.75. The Morgan fingerprint density at radius 1 is 1.45 bits per heavy atom. The molecule has 0 amide bonds. The average molecular weight is 155 g/mol. The summed E-state index contributed by atoms with van der Waals surface area (Å²) in [5.41, 5.74) is 5.36. The molecule has 0 saturated heterocycles. The van der Waals surface area contributed by atoms with Crippen LogP contribution in [-0.4, -0.2) is 25.5 Å². The summed E-state index contributed by atoms with van der Waals surface area (Å²) < 4.78 is 0. The van der Waals surface area contributed by atoms with Crippen molar-refractivity contribution in [3.8, 4) is 0 Å². The van der Waals surface area contributed by atoms with Crippen LogP contribution in [0.3, 0.4) is 0 Å². The van der Waals surface area contributed by atoms with Crippen LogP contribution < -0.4 is 11.1 Å². The summed E-state index contributed by atoms with van der Waals surface area (Å²) in [6, 6.07) is 0. The number of nitrogens with one attached hydrogen (secondary N) is 1. The maximum Gasteiger partial charge on any atom is 0.0963 e. The summed E-state index contributed by atoms with van der Waals surface area (Å²) >= 11 is 0. The van der Waals surface area contributed by atoms with Crippen molar-refractivity contribution in [2.45, 2.75) is 25.7 Å². The lowest BCUT2D eigenvalue weighted by molar-refractivity contribution is 0.694. The largest absolute Gasteiger partial charge is 0.374 e. The van der Waals surface area contributed by atoms with E-state index in [0.29, 0.717) is 0 Å². The molecule has 64 valence electrons. The molecule has 0 unspecified atom stereocenters. The second-order valence-corrected chi connectivity index (χ2v) is 2.85. The standard InChI is InChI=1S/C8H17N3/c9-5-3-7-11-8-4-1-2-6-10-8/h1-7,9H2,(H,10,11). The summed E-state index contributed by atoms with van der Waals surface area (Å²) in [4.78, 5) is 4.37. The van der Waals surface area contributed by atoms with E-state index in [-0.39, 0.29) is 0 Å². The fourth-order valence-electron chi connectivity index (χ4n) is 1.18. The fraction of sp³-hybridized carbons (Fsp3) is 0.875. The Morgan fingerprint density at radius 3 is 3.00 bits per heavy atom. The lowest BCUT2D eigenvalue weighted by Gasteiger charge is -2.13. The molecule has 1 aliphatic rings. The molecule has 3 heteroatoms. The first-order valence-electron chi connectivity index (χ1n) is 4.41. The maximum absolute atomic E-state index is 5.36. The smallest absolute Gasteiger partial charge is 0.0963 e. The Bertz CT molecular complexity index is 131. The van der Waals surface area contributed by atoms with Crippen molar-refractivity contribution in [2.75, 3.05) is 19.6 Å². The van der Waals surface area contributed by atoms with Crippen LogP contribution in [0.2, 0.25) is 0 Å². The van der Waals surface area contributed by atoms with Crippen molar-refractivity contribution in [2.24, 2.45) is 10.7 Å². The van der Waals surface area contributed by atoms with Crippen LogP contribution in [0.1, 0.15) is 25.7 Å². The quantitative estimate of drug-likeness (QED) is 0.583. The number of hydrogen-bond acceptors (Lipinski definition) is 3. The summed E-state index contributed by atoms with van der Waals surface area (Å²) in [6.07, 6.45) is 4.71. The monoisotopic (exact) mass is 155 g/mol. The van der Waals surface area contributed by atoms with Gasteiger partial charge in [-0.3, -0.25) is 4.99 Å². The van der Waals surface area contributed by atoms with Crippen LogP contribution >= 0.6 is 0 Å². The van der Waals surface area contributed by atoms with Gasteiger partial charge < -0.3 is 11.1 Å². The molecule has 3 nitrogen and oxygen atoms in total. The molecule has 0 atom stereocenters. The zero-order valence-electron chi connectivity index (χ0n) is 6.97. The van der Waals surface area contributed by atoms with Crippen molar-refractivity contribution < 1.29 is 0 Å². The van der Waals surface area contributed by atoms with Gasteiger partial charge in [0, 0.05) is 19.5 Å². The SMILES string of the molecule is NCCCNC1=NCCCC1. The molecule has 11 heavy (non-hydrogen) atoms. The molecule has 1 aliphatic heterocycles. The van der Waals surface area contributed by atoms with E-state index in [1.165, 1.54) is 18.7 Å². The van der Waals surface area contributed by atoms with Crippen molar-refractivity contribution in [3.63, 3.8) is 0 Å². The molecular formula is C8H17N3. The molecule has 0 aromatic rings. The molecule has 0 aromatic heterocycles. The summed E-state index contributed by atoms with van der Waals surface area (Å²) in [5.74, 6) is 1.18. The molecule has 0 saturated carbocycles. The predicted octanol–water partition coefficient (Wildman–Crippen LogP) is 0.507. The Hall–Kier alpha value is -0.570. The molecular weight excluding hydrogens is 138 g/mol. The molecule has 1 heterocycles. The van der Waals surface area contributed by atoms with Crippen LogP contribution in [0, 0.1) is 0 Å². The number of nitrogens with two attached hydrogens (primary N) is 1. The van der Waals surface area contributed by atoms with E-state index in [1.54, 1.807) is 0 Å². The number of nitrogens with zero attached hydrogens (tertiary/aromatic N) is 1. The summed E-state index contributed by atoms with van der Waals surface area (Å²) in [5, 5.41) is 3.29. The molecule has 0 fully saturated rings. The number of hydrogen-bond donors (Lipinski definition) is 2. The van der Waals surface area contributed by atoms with Gasteiger partial charge in [0.1, 0.15) is 0 Å². The van der Waals surface area contributed by atoms with Gasteiger partial charge in [-0.15, -0.1) is 0 Å². The third kappa shape index (κ3) is 3.37. The normalized spacial score (nSPS) is 17.7. The summed E-state index contributed by atoms with van der Waals surface area (Å²) in [7, 11) is 0. The highest BCUT2D eigenvalue weighted by Gasteiger charge is 2.02. The molecule has 0 radical (unpaired) electrons. The van der Waals surface area contributed by atoms with Crippen LogP contribution in [0.25, 0.3) is 0 Å². The molecule has 0 aliphatic carbocycles. The zero-order chi connectivity index (χ0) is 7.94. The Labute approximate surface area is 68.1 Å². The Balaban J connectivity index is 2.09. The molecule has 0 bridgehead atoms. The van der Waals surface area contributed by atoms with Gasteiger partial charge in [0.15, 0.2) is 0 Å². The number of aliphatic imine (C=N–C) groups is 1. The van der Waals surface area contributed by atoms with E-state index >= 15 is 0 Å². The van der Waals surface area contributed by atoms with Gasteiger partial charge in [0.25, 0.3) is 0 Å². The molecule has 0 spiro atoms. The van der Waals surface area contributed by atoms with E-state index < -0.39 is 0 Å². The molecule has 3 N–H and O–H groups in total. The number of amidine groups is 1. The second kappa shape index (κ2) is 5.13. The van der Waals surface area contributed by atoms with E-state index in [1.807, 2.05) is 0 Å². The highest BCUT2D eigenvalue weighted by atomic mass is 15.0. The average Bonchev–Trinajstić information content (AvgIpc) is 2.07. The lowest BCUT2D eigenvalue weighted by Crippen LogP contribution is -2.27. The van der Waals surface area contributed by atoms with Gasteiger partial charge in [0.05, 0.1) is 5.84 Å². The lowest BCUT2D eigenvalue weighted by atomic mass is 10.2. The van der Waals surface area contributed by atoms with Crippen LogP contribution in [0.4, 0.5) is 0 Å². The molecule has 0 aromatic carbocycles. The van der Waals surface area contributed by atoms with Crippen LogP contribution in [0.5, 0.6) is 0 Å². The first-order chi connectivity index (χ1) is 5.43. The molecule has 1 rings (SSSR count). The van der Waals surface area contributed by atoms with Gasteiger partial charge in [-0.1, -0.05) is 0 Å². The van der Waals surface area contributed by atoms with E-state index in [2.05, 4.69) is 10.3 Å². The van der Waals surface area contributed by atoms with Gasteiger partial charge in [-0.2, -0.15) is 0 Å². The third-order valence-corrected chi connectivity index (χ3v) is 1.83. The van der Waals surface area contributed by atoms with Crippen molar-refractivity contribution >= 4 is 5.84 Å². The van der Waals surface area contributed by atoms with E-state index in [9.17, 15) is 0 Å². The second-order valence-electron chi connectivity index (χ2n) is 2.85. The number of rotatable bonds is 3. The minimum Gasteiger partial charge on any atom is -0.374 e. The Kier molecular flexibility index (Phi) is 3.98. The van der Waals surface area contributed by atoms with E-state index in [0.717, 1.165) is 32.5 Å². The predicted molar refractivity (Wildman–Crippen MR) is 47.8 cm³/mol. The van der Waals surface area contributed by atoms with Gasteiger partial charge >= 0.3 is 0 Å². The first-order valence-corrected chi connectivity index (χ1v) is 4.41. The van der Waals surface area contributed by atoms with Gasteiger partial charge in [-0.05, 0) is 25.8 Å². The van der Waals surface area contributed by atoms with Crippen molar-refractivity contribution in [3.05, 3.63) is 0 Å².